The summed E-state index contributed by atoms with van der Waals surface area (Å²) in [6.45, 7) is 0.577. The molecule has 0 aliphatic carbocycles. The van der Waals surface area contributed by atoms with Crippen molar-refractivity contribution in [3.63, 3.8) is 0 Å². The minimum atomic E-state index is -0.948. The number of furan rings is 1. The molecule has 2 fully saturated rings. The van der Waals surface area contributed by atoms with Crippen molar-refractivity contribution in [3.8, 4) is 11.3 Å². The smallest absolute Gasteiger partial charge is 0.263 e. The second kappa shape index (κ2) is 7.28. The molecule has 2 saturated heterocycles. The van der Waals surface area contributed by atoms with E-state index >= 15 is 0 Å². The molecule has 1 N–H and O–H groups in total. The Morgan fingerprint density at radius 2 is 2.22 bits per heavy atom. The van der Waals surface area contributed by atoms with Gasteiger partial charge in [0.05, 0.1) is 11.4 Å². The van der Waals surface area contributed by atoms with Crippen LogP contribution in [-0.2, 0) is 4.79 Å². The normalized spacial score (nSPS) is 21.1. The summed E-state index contributed by atoms with van der Waals surface area (Å²) in [4.78, 5) is 26.3. The van der Waals surface area contributed by atoms with E-state index in [1.165, 1.54) is 16.7 Å². The van der Waals surface area contributed by atoms with E-state index in [0.717, 1.165) is 5.56 Å². The molecule has 3 heterocycles. The highest BCUT2D eigenvalue weighted by atomic mass is 32.2. The molecule has 5 nitrogen and oxygen atoms in total. The van der Waals surface area contributed by atoms with Crippen LogP contribution in [0.2, 0.25) is 0 Å². The van der Waals surface area contributed by atoms with Crippen LogP contribution >= 0.6 is 24.0 Å². The van der Waals surface area contributed by atoms with Gasteiger partial charge in [-0.05, 0) is 30.7 Å². The Labute approximate surface area is 164 Å². The number of nitrogens with one attached hydrogen (secondary N) is 1. The number of likely N-dealkylation sites (tertiary alicyclic amines) is 1. The van der Waals surface area contributed by atoms with Crippen molar-refractivity contribution in [2.75, 3.05) is 13.1 Å². The molecule has 0 spiro atoms. The highest BCUT2D eigenvalue weighted by molar-refractivity contribution is 8.26. The molecule has 27 heavy (non-hydrogen) atoms. The van der Waals surface area contributed by atoms with Crippen molar-refractivity contribution in [2.45, 2.75) is 12.6 Å². The first-order valence-corrected chi connectivity index (χ1v) is 9.60. The second-order valence-corrected chi connectivity index (χ2v) is 7.99. The summed E-state index contributed by atoms with van der Waals surface area (Å²) >= 11 is 6.15. The highest BCUT2D eigenvalue weighted by Gasteiger charge is 2.27. The number of hydrogen-bond acceptors (Lipinski definition) is 5. The van der Waals surface area contributed by atoms with Gasteiger partial charge in [-0.3, -0.25) is 9.59 Å². The topological polar surface area (TPSA) is 62.6 Å². The average Bonchev–Trinajstić information content (AvgIpc) is 3.36. The summed E-state index contributed by atoms with van der Waals surface area (Å²) in [5, 5.41) is 2.55. The van der Waals surface area contributed by atoms with Gasteiger partial charge in [-0.1, -0.05) is 36.1 Å². The minimum absolute atomic E-state index is 0.142. The molecule has 2 aliphatic heterocycles. The summed E-state index contributed by atoms with van der Waals surface area (Å²) < 4.78 is 19.6. The van der Waals surface area contributed by atoms with Gasteiger partial charge in [-0.15, -0.1) is 0 Å². The Morgan fingerprint density at radius 1 is 1.37 bits per heavy atom. The van der Waals surface area contributed by atoms with E-state index < -0.39 is 6.17 Å². The summed E-state index contributed by atoms with van der Waals surface area (Å²) in [6, 6.07) is 10.6. The molecule has 2 aliphatic rings. The van der Waals surface area contributed by atoms with E-state index in [2.05, 4.69) is 5.32 Å². The molecular weight excluding hydrogens is 387 g/mol. The van der Waals surface area contributed by atoms with Gasteiger partial charge in [-0.2, -0.15) is 0 Å². The fourth-order valence-electron chi connectivity index (χ4n) is 3.03. The summed E-state index contributed by atoms with van der Waals surface area (Å²) in [6.07, 6.45) is 1.07. The SMILES string of the molecule is O=C1NC(=S)SC1=Cc1ccc(-c2cccc(C(=O)N3CCC(F)C3)c2)o1. The lowest BCUT2D eigenvalue weighted by Crippen LogP contribution is -2.28. The van der Waals surface area contributed by atoms with Gasteiger partial charge in [0.1, 0.15) is 22.0 Å². The van der Waals surface area contributed by atoms with Crippen molar-refractivity contribution in [3.05, 3.63) is 52.6 Å². The molecule has 2 aromatic rings. The van der Waals surface area contributed by atoms with Gasteiger partial charge in [0.25, 0.3) is 11.8 Å². The first-order valence-electron chi connectivity index (χ1n) is 8.38. The van der Waals surface area contributed by atoms with E-state index in [-0.39, 0.29) is 18.4 Å². The number of halogens is 1. The number of benzene rings is 1. The first-order chi connectivity index (χ1) is 13.0. The van der Waals surface area contributed by atoms with Crippen LogP contribution in [0.1, 0.15) is 22.5 Å². The van der Waals surface area contributed by atoms with Crippen molar-refractivity contribution in [2.24, 2.45) is 0 Å². The first kappa shape index (κ1) is 17.9. The van der Waals surface area contributed by atoms with E-state index in [1.807, 2.05) is 6.07 Å². The van der Waals surface area contributed by atoms with Crippen LogP contribution in [0.15, 0.2) is 45.7 Å². The number of alkyl halides is 1. The lowest BCUT2D eigenvalue weighted by molar-refractivity contribution is -0.115. The van der Waals surface area contributed by atoms with Crippen LogP contribution in [0.5, 0.6) is 0 Å². The minimum Gasteiger partial charge on any atom is -0.457 e. The molecule has 8 heteroatoms. The van der Waals surface area contributed by atoms with Crippen LogP contribution in [0.25, 0.3) is 17.4 Å². The zero-order valence-corrected chi connectivity index (χ0v) is 15.7. The number of amides is 2. The Morgan fingerprint density at radius 3 is 2.93 bits per heavy atom. The molecular formula is C19H15FN2O3S2. The maximum atomic E-state index is 13.4. The lowest BCUT2D eigenvalue weighted by Gasteiger charge is -2.15. The monoisotopic (exact) mass is 402 g/mol. The number of hydrogen-bond donors (Lipinski definition) is 1. The van der Waals surface area contributed by atoms with Crippen LogP contribution in [0.4, 0.5) is 4.39 Å². The summed E-state index contributed by atoms with van der Waals surface area (Å²) in [5.74, 6) is 0.668. The zero-order valence-electron chi connectivity index (χ0n) is 14.1. The summed E-state index contributed by atoms with van der Waals surface area (Å²) in [7, 11) is 0. The standard InChI is InChI=1S/C19H15FN2O3S2/c20-13-6-7-22(10-13)18(24)12-3-1-2-11(8-12)15-5-4-14(25-15)9-16-17(23)21-19(26)27-16/h1-5,8-9,13H,6-7,10H2,(H,21,23,26). The van der Waals surface area contributed by atoms with Crippen LogP contribution in [0.3, 0.4) is 0 Å². The van der Waals surface area contributed by atoms with Crippen molar-refractivity contribution >= 4 is 46.2 Å². The fraction of sp³-hybridized carbons (Fsp3) is 0.211. The Kier molecular flexibility index (Phi) is 4.84. The molecule has 138 valence electrons. The predicted molar refractivity (Wildman–Crippen MR) is 106 cm³/mol. The van der Waals surface area contributed by atoms with E-state index in [1.54, 1.807) is 36.4 Å². The van der Waals surface area contributed by atoms with E-state index in [9.17, 15) is 14.0 Å². The summed E-state index contributed by atoms with van der Waals surface area (Å²) in [5.41, 5.74) is 1.23. The molecule has 2 amide bonds. The molecule has 0 bridgehead atoms. The largest absolute Gasteiger partial charge is 0.457 e. The maximum Gasteiger partial charge on any atom is 0.263 e. The van der Waals surface area contributed by atoms with Crippen LogP contribution < -0.4 is 5.32 Å². The third-order valence-corrected chi connectivity index (χ3v) is 5.52. The fourth-order valence-corrected chi connectivity index (χ4v) is 4.05. The Hall–Kier alpha value is -2.45. The van der Waals surface area contributed by atoms with Crippen molar-refractivity contribution < 1.29 is 18.4 Å². The van der Waals surface area contributed by atoms with Gasteiger partial charge in [0.15, 0.2) is 0 Å². The van der Waals surface area contributed by atoms with Crippen LogP contribution in [-0.4, -0.2) is 40.3 Å². The molecule has 0 radical (unpaired) electrons. The molecule has 1 atom stereocenters. The quantitative estimate of drug-likeness (QED) is 0.628. The average molecular weight is 402 g/mol. The third kappa shape index (κ3) is 3.81. The van der Waals surface area contributed by atoms with Gasteiger partial charge in [0, 0.05) is 23.7 Å². The van der Waals surface area contributed by atoms with Gasteiger partial charge in [-0.25, -0.2) is 4.39 Å². The number of rotatable bonds is 3. The molecule has 4 rings (SSSR count). The number of carbonyl (C=O) groups is 2. The molecule has 1 aromatic carbocycles. The van der Waals surface area contributed by atoms with Gasteiger partial charge in [0.2, 0.25) is 0 Å². The van der Waals surface area contributed by atoms with Crippen molar-refractivity contribution in [1.29, 1.82) is 0 Å². The third-order valence-electron chi connectivity index (χ3n) is 4.35. The number of thioether (sulfide) groups is 1. The number of carbonyl (C=O) groups excluding carboxylic acids is 2. The molecule has 1 unspecified atom stereocenters. The molecule has 0 saturated carbocycles. The molecule has 1 aromatic heterocycles. The number of thiocarbonyl (C=S) groups is 1. The second-order valence-electron chi connectivity index (χ2n) is 6.27. The van der Waals surface area contributed by atoms with Crippen LogP contribution in [0, 0.1) is 0 Å². The maximum absolute atomic E-state index is 13.4. The van der Waals surface area contributed by atoms with E-state index in [4.69, 9.17) is 16.6 Å². The lowest BCUT2D eigenvalue weighted by atomic mass is 10.1. The number of nitrogens with zero attached hydrogens (tertiary/aromatic N) is 1. The van der Waals surface area contributed by atoms with Gasteiger partial charge < -0.3 is 14.6 Å². The highest BCUT2D eigenvalue weighted by Crippen LogP contribution is 2.29. The van der Waals surface area contributed by atoms with Crippen molar-refractivity contribution in [1.82, 2.24) is 10.2 Å². The predicted octanol–water partition coefficient (Wildman–Crippen LogP) is 3.62. The Bertz CT molecular complexity index is 969. The Balaban J connectivity index is 1.55. The zero-order chi connectivity index (χ0) is 19.0. The van der Waals surface area contributed by atoms with E-state index in [0.29, 0.717) is 39.3 Å². The van der Waals surface area contributed by atoms with Gasteiger partial charge >= 0.3 is 0 Å².